The lowest BCUT2D eigenvalue weighted by Gasteiger charge is -2.25. The fourth-order valence-electron chi connectivity index (χ4n) is 4.16. The average molecular weight is 445 g/mol. The molecule has 0 saturated carbocycles. The smallest absolute Gasteiger partial charge is 0.295 e. The maximum absolute atomic E-state index is 13.6. The van der Waals surface area contributed by atoms with E-state index in [0.29, 0.717) is 35.8 Å². The number of ketones is 1. The lowest BCUT2D eigenvalue weighted by atomic mass is 9.95. The number of fused-ring (bicyclic) bond motifs is 1. The number of hydrogen-bond acceptors (Lipinski definition) is 5. The zero-order chi connectivity index (χ0) is 22.9. The number of ether oxygens (including phenoxy) is 2. The highest BCUT2D eigenvalue weighted by atomic mass is 19.1. The Labute approximate surface area is 189 Å². The summed E-state index contributed by atoms with van der Waals surface area (Å²) in [5, 5.41) is 11.2. The van der Waals surface area contributed by atoms with Crippen LogP contribution in [0.25, 0.3) is 5.76 Å². The lowest BCUT2D eigenvalue weighted by molar-refractivity contribution is -0.140. The third-order valence-corrected chi connectivity index (χ3v) is 5.74. The van der Waals surface area contributed by atoms with Gasteiger partial charge < -0.3 is 19.5 Å². The van der Waals surface area contributed by atoms with E-state index in [9.17, 15) is 19.1 Å². The van der Waals surface area contributed by atoms with Crippen LogP contribution >= 0.6 is 0 Å². The Balaban J connectivity index is 1.63. The van der Waals surface area contributed by atoms with Crippen molar-refractivity contribution in [3.05, 3.63) is 101 Å². The zero-order valence-electron chi connectivity index (χ0n) is 17.5. The van der Waals surface area contributed by atoms with Gasteiger partial charge in [0.1, 0.15) is 24.8 Å². The van der Waals surface area contributed by atoms with Crippen molar-refractivity contribution in [2.45, 2.75) is 12.6 Å². The van der Waals surface area contributed by atoms with E-state index >= 15 is 0 Å². The minimum Gasteiger partial charge on any atom is -0.507 e. The van der Waals surface area contributed by atoms with Crippen LogP contribution in [-0.2, 0) is 16.1 Å². The summed E-state index contributed by atoms with van der Waals surface area (Å²) in [6, 6.07) is 18.8. The van der Waals surface area contributed by atoms with Gasteiger partial charge >= 0.3 is 0 Å². The third-order valence-electron chi connectivity index (χ3n) is 5.74. The van der Waals surface area contributed by atoms with Crippen LogP contribution in [0, 0.1) is 5.82 Å². The van der Waals surface area contributed by atoms with E-state index in [1.165, 1.54) is 29.2 Å². The first kappa shape index (κ1) is 20.8. The van der Waals surface area contributed by atoms with Crippen molar-refractivity contribution in [3.8, 4) is 11.5 Å². The standard InChI is InChI=1S/C26H20FNO5/c27-19-9-6-17(7-10-19)23-22(24(29)18-8-11-20-21(14-18)33-13-12-32-20)25(30)26(31)28(23)15-16-4-2-1-3-5-16/h1-11,14,23,29H,12-13,15H2/b24-22-. The second-order valence-electron chi connectivity index (χ2n) is 7.82. The van der Waals surface area contributed by atoms with Gasteiger partial charge in [-0.05, 0) is 41.5 Å². The molecule has 1 atom stereocenters. The van der Waals surface area contributed by atoms with Gasteiger partial charge in [0.25, 0.3) is 11.7 Å². The van der Waals surface area contributed by atoms with Crippen LogP contribution in [0.5, 0.6) is 11.5 Å². The summed E-state index contributed by atoms with van der Waals surface area (Å²) in [6.07, 6.45) is 0. The second-order valence-corrected chi connectivity index (χ2v) is 7.82. The average Bonchev–Trinajstić information content (AvgIpc) is 3.09. The van der Waals surface area contributed by atoms with Gasteiger partial charge in [-0.1, -0.05) is 42.5 Å². The van der Waals surface area contributed by atoms with Crippen LogP contribution < -0.4 is 9.47 Å². The van der Waals surface area contributed by atoms with Gasteiger partial charge in [0.05, 0.1) is 11.6 Å². The van der Waals surface area contributed by atoms with E-state index in [1.807, 2.05) is 30.3 Å². The minimum atomic E-state index is -0.876. The molecule has 1 unspecified atom stereocenters. The van der Waals surface area contributed by atoms with Gasteiger partial charge in [-0.25, -0.2) is 4.39 Å². The molecule has 1 N–H and O–H groups in total. The molecule has 0 aromatic heterocycles. The van der Waals surface area contributed by atoms with Crippen molar-refractivity contribution in [1.82, 2.24) is 4.90 Å². The molecule has 0 spiro atoms. The van der Waals surface area contributed by atoms with Gasteiger partial charge in [-0.3, -0.25) is 9.59 Å². The molecule has 1 amide bonds. The molecule has 33 heavy (non-hydrogen) atoms. The summed E-state index contributed by atoms with van der Waals surface area (Å²) in [4.78, 5) is 27.6. The number of halogens is 1. The van der Waals surface area contributed by atoms with Crippen LogP contribution in [0.2, 0.25) is 0 Å². The number of carbonyl (C=O) groups is 2. The highest BCUT2D eigenvalue weighted by molar-refractivity contribution is 6.46. The minimum absolute atomic E-state index is 0.0563. The number of aliphatic hydroxyl groups is 1. The molecule has 3 aromatic carbocycles. The summed E-state index contributed by atoms with van der Waals surface area (Å²) in [6.45, 7) is 0.952. The van der Waals surface area contributed by atoms with Crippen LogP contribution in [0.3, 0.4) is 0 Å². The first-order valence-corrected chi connectivity index (χ1v) is 10.5. The molecule has 1 saturated heterocycles. The summed E-state index contributed by atoms with van der Waals surface area (Å²) in [7, 11) is 0. The van der Waals surface area contributed by atoms with E-state index in [0.717, 1.165) is 5.56 Å². The fourth-order valence-corrected chi connectivity index (χ4v) is 4.16. The second kappa shape index (κ2) is 8.43. The predicted molar refractivity (Wildman–Crippen MR) is 118 cm³/mol. The largest absolute Gasteiger partial charge is 0.507 e. The molecule has 0 bridgehead atoms. The van der Waals surface area contributed by atoms with Crippen LogP contribution in [0.15, 0.2) is 78.4 Å². The maximum atomic E-state index is 13.6. The monoisotopic (exact) mass is 445 g/mol. The first-order valence-electron chi connectivity index (χ1n) is 10.5. The highest BCUT2D eigenvalue weighted by Crippen LogP contribution is 2.41. The van der Waals surface area contributed by atoms with Gasteiger partial charge in [0.15, 0.2) is 11.5 Å². The molecular weight excluding hydrogens is 425 g/mol. The molecule has 166 valence electrons. The number of benzene rings is 3. The van der Waals surface area contributed by atoms with Crippen LogP contribution in [0.4, 0.5) is 4.39 Å². The van der Waals surface area contributed by atoms with E-state index < -0.39 is 23.5 Å². The molecule has 2 heterocycles. The van der Waals surface area contributed by atoms with Gasteiger partial charge in [-0.2, -0.15) is 0 Å². The van der Waals surface area contributed by atoms with Gasteiger partial charge in [0, 0.05) is 12.1 Å². The summed E-state index contributed by atoms with van der Waals surface area (Å²) >= 11 is 0. The van der Waals surface area contributed by atoms with Crippen LogP contribution in [-0.4, -0.2) is 34.9 Å². The molecule has 2 aliphatic heterocycles. The predicted octanol–water partition coefficient (Wildman–Crippen LogP) is 4.22. The summed E-state index contributed by atoms with van der Waals surface area (Å²) in [5.41, 5.74) is 1.61. The molecule has 2 aliphatic rings. The van der Waals surface area contributed by atoms with Crippen molar-refractivity contribution >= 4 is 17.4 Å². The Hall–Kier alpha value is -4.13. The summed E-state index contributed by atoms with van der Waals surface area (Å²) in [5.74, 6) is -1.31. The molecule has 3 aromatic rings. The summed E-state index contributed by atoms with van der Waals surface area (Å²) < 4.78 is 24.7. The SMILES string of the molecule is O=C1C(=O)N(Cc2ccccc2)C(c2ccc(F)cc2)/C1=C(/O)c1ccc2c(c1)OCCO2. The van der Waals surface area contributed by atoms with E-state index in [4.69, 9.17) is 9.47 Å². The molecule has 5 rings (SSSR count). The van der Waals surface area contributed by atoms with Crippen molar-refractivity contribution in [1.29, 1.82) is 0 Å². The maximum Gasteiger partial charge on any atom is 0.295 e. The molecule has 6 nitrogen and oxygen atoms in total. The normalized spacial score (nSPS) is 19.1. The molecule has 7 heteroatoms. The van der Waals surface area contributed by atoms with Crippen molar-refractivity contribution in [2.75, 3.05) is 13.2 Å². The number of aliphatic hydroxyl groups excluding tert-OH is 1. The number of hydrogen-bond donors (Lipinski definition) is 1. The van der Waals surface area contributed by atoms with Crippen molar-refractivity contribution < 1.29 is 28.6 Å². The molecule has 1 fully saturated rings. The number of Topliss-reactive ketones (excluding diaryl/α,β-unsaturated/α-hetero) is 1. The molecular formula is C26H20FNO5. The fraction of sp³-hybridized carbons (Fsp3) is 0.154. The van der Waals surface area contributed by atoms with Gasteiger partial charge in [-0.15, -0.1) is 0 Å². The number of likely N-dealkylation sites (tertiary alicyclic amines) is 1. The Morgan fingerprint density at radius 2 is 1.64 bits per heavy atom. The highest BCUT2D eigenvalue weighted by Gasteiger charge is 2.46. The molecule has 0 radical (unpaired) electrons. The number of carbonyl (C=O) groups excluding carboxylic acids is 2. The van der Waals surface area contributed by atoms with Gasteiger partial charge in [0.2, 0.25) is 0 Å². The quantitative estimate of drug-likeness (QED) is 0.370. The Morgan fingerprint density at radius 1 is 0.939 bits per heavy atom. The Morgan fingerprint density at radius 3 is 2.36 bits per heavy atom. The third kappa shape index (κ3) is 3.82. The van der Waals surface area contributed by atoms with E-state index in [-0.39, 0.29) is 17.9 Å². The lowest BCUT2D eigenvalue weighted by Crippen LogP contribution is -2.29. The zero-order valence-corrected chi connectivity index (χ0v) is 17.5. The Kier molecular flexibility index (Phi) is 5.30. The van der Waals surface area contributed by atoms with Crippen LogP contribution in [0.1, 0.15) is 22.7 Å². The van der Waals surface area contributed by atoms with Crippen molar-refractivity contribution in [3.63, 3.8) is 0 Å². The molecule has 0 aliphatic carbocycles. The van der Waals surface area contributed by atoms with Crippen molar-refractivity contribution in [2.24, 2.45) is 0 Å². The number of rotatable bonds is 4. The number of amides is 1. The topological polar surface area (TPSA) is 76.1 Å². The number of nitrogens with zero attached hydrogens (tertiary/aromatic N) is 1. The van der Waals surface area contributed by atoms with E-state index in [2.05, 4.69) is 0 Å². The van der Waals surface area contributed by atoms with E-state index in [1.54, 1.807) is 18.2 Å². The Bertz CT molecular complexity index is 1250. The first-order chi connectivity index (χ1) is 16.0.